The average Bonchev–Trinajstić information content (AvgIpc) is 2.09. The minimum atomic E-state index is 0.134. The van der Waals surface area contributed by atoms with Crippen molar-refractivity contribution >= 4 is 11.4 Å². The van der Waals surface area contributed by atoms with E-state index >= 15 is 0 Å². The molecule has 0 aromatic heterocycles. The largest absolute Gasteiger partial charge is 0.399 e. The van der Waals surface area contributed by atoms with Crippen LogP contribution in [0.5, 0.6) is 0 Å². The number of benzene rings is 1. The lowest BCUT2D eigenvalue weighted by molar-refractivity contribution is 0.292. The molecule has 4 heteroatoms. The number of rotatable bonds is 4. The molecule has 0 saturated carbocycles. The van der Waals surface area contributed by atoms with Gasteiger partial charge in [0.05, 0.1) is 6.61 Å². The molecule has 0 radical (unpaired) electrons. The normalized spacial score (nSPS) is 10.2. The van der Waals surface area contributed by atoms with Crippen LogP contribution in [0.3, 0.4) is 0 Å². The van der Waals surface area contributed by atoms with Gasteiger partial charge in [0, 0.05) is 24.5 Å². The number of aliphatic hydroxyl groups excluding tert-OH is 1. The van der Waals surface area contributed by atoms with Crippen LogP contribution in [0.4, 0.5) is 11.4 Å². The topological polar surface area (TPSA) is 84.3 Å². The van der Waals surface area contributed by atoms with Crippen molar-refractivity contribution in [3.63, 3.8) is 0 Å². The maximum absolute atomic E-state index is 8.54. The first-order chi connectivity index (χ1) is 6.24. The molecule has 0 heterocycles. The molecule has 0 aliphatic rings. The van der Waals surface area contributed by atoms with Crippen LogP contribution in [0.2, 0.25) is 0 Å². The van der Waals surface area contributed by atoms with Crippen LogP contribution in [-0.4, -0.2) is 18.3 Å². The van der Waals surface area contributed by atoms with Crippen LogP contribution in [0, 0.1) is 0 Å². The van der Waals surface area contributed by atoms with Crippen molar-refractivity contribution < 1.29 is 5.11 Å². The van der Waals surface area contributed by atoms with Crippen LogP contribution in [-0.2, 0) is 6.54 Å². The second-order valence-electron chi connectivity index (χ2n) is 2.86. The molecule has 0 amide bonds. The predicted octanol–water partition coefficient (Wildman–Crippen LogP) is -0.0671. The van der Waals surface area contributed by atoms with Gasteiger partial charge in [-0.1, -0.05) is 6.07 Å². The summed E-state index contributed by atoms with van der Waals surface area (Å²) in [6, 6.07) is 5.43. The first-order valence-corrected chi connectivity index (χ1v) is 4.19. The molecular formula is C9H15N3O. The lowest BCUT2D eigenvalue weighted by atomic mass is 10.1. The highest BCUT2D eigenvalue weighted by atomic mass is 16.3. The number of anilines is 2. The highest BCUT2D eigenvalue weighted by Crippen LogP contribution is 2.14. The van der Waals surface area contributed by atoms with Gasteiger partial charge in [-0.15, -0.1) is 0 Å². The third kappa shape index (κ3) is 2.93. The SMILES string of the molecule is Nc1ccc(CNCCO)c(N)c1. The van der Waals surface area contributed by atoms with Gasteiger partial charge in [-0.2, -0.15) is 0 Å². The van der Waals surface area contributed by atoms with E-state index in [0.29, 0.717) is 24.5 Å². The molecule has 0 aliphatic carbocycles. The van der Waals surface area contributed by atoms with E-state index in [-0.39, 0.29) is 6.61 Å². The molecule has 0 fully saturated rings. The first kappa shape index (κ1) is 9.83. The first-order valence-electron chi connectivity index (χ1n) is 4.19. The number of hydrogen-bond acceptors (Lipinski definition) is 4. The zero-order chi connectivity index (χ0) is 9.68. The van der Waals surface area contributed by atoms with E-state index in [1.807, 2.05) is 12.1 Å². The maximum Gasteiger partial charge on any atom is 0.0556 e. The van der Waals surface area contributed by atoms with E-state index in [0.717, 1.165) is 5.56 Å². The number of aliphatic hydroxyl groups is 1. The molecule has 72 valence electrons. The molecule has 6 N–H and O–H groups in total. The van der Waals surface area contributed by atoms with E-state index in [1.165, 1.54) is 0 Å². The lowest BCUT2D eigenvalue weighted by Crippen LogP contribution is -2.18. The number of hydrogen-bond donors (Lipinski definition) is 4. The van der Waals surface area contributed by atoms with Crippen LogP contribution in [0.25, 0.3) is 0 Å². The average molecular weight is 181 g/mol. The van der Waals surface area contributed by atoms with Crippen molar-refractivity contribution in [3.05, 3.63) is 23.8 Å². The Morgan fingerprint density at radius 2 is 2.08 bits per heavy atom. The van der Waals surface area contributed by atoms with Gasteiger partial charge < -0.3 is 21.9 Å². The Labute approximate surface area is 77.6 Å². The summed E-state index contributed by atoms with van der Waals surface area (Å²) in [7, 11) is 0. The zero-order valence-electron chi connectivity index (χ0n) is 7.46. The molecule has 4 nitrogen and oxygen atoms in total. The van der Waals surface area contributed by atoms with Gasteiger partial charge in [-0.05, 0) is 17.7 Å². The van der Waals surface area contributed by atoms with Crippen LogP contribution < -0.4 is 16.8 Å². The molecule has 1 rings (SSSR count). The summed E-state index contributed by atoms with van der Waals surface area (Å²) in [5.41, 5.74) is 13.6. The summed E-state index contributed by atoms with van der Waals surface area (Å²) in [4.78, 5) is 0. The Morgan fingerprint density at radius 1 is 1.31 bits per heavy atom. The van der Waals surface area contributed by atoms with Gasteiger partial charge in [0.1, 0.15) is 0 Å². The molecule has 1 aromatic carbocycles. The standard InChI is InChI=1S/C9H15N3O/c10-8-2-1-7(9(11)5-8)6-12-3-4-13/h1-2,5,12-13H,3-4,6,10-11H2. The molecule has 1 aromatic rings. The molecule has 0 saturated heterocycles. The quantitative estimate of drug-likeness (QED) is 0.387. The predicted molar refractivity (Wildman–Crippen MR) is 54.1 cm³/mol. The summed E-state index contributed by atoms with van der Waals surface area (Å²) < 4.78 is 0. The van der Waals surface area contributed by atoms with E-state index in [9.17, 15) is 0 Å². The van der Waals surface area contributed by atoms with Gasteiger partial charge in [-0.3, -0.25) is 0 Å². The van der Waals surface area contributed by atoms with Crippen LogP contribution in [0.1, 0.15) is 5.56 Å². The van der Waals surface area contributed by atoms with Crippen LogP contribution in [0.15, 0.2) is 18.2 Å². The monoisotopic (exact) mass is 181 g/mol. The summed E-state index contributed by atoms with van der Waals surface area (Å²) in [6.45, 7) is 1.37. The molecule has 0 aliphatic heterocycles. The Hall–Kier alpha value is -1.26. The smallest absolute Gasteiger partial charge is 0.0556 e. The fraction of sp³-hybridized carbons (Fsp3) is 0.333. The van der Waals surface area contributed by atoms with Crippen molar-refractivity contribution in [2.45, 2.75) is 6.54 Å². The zero-order valence-corrected chi connectivity index (χ0v) is 7.46. The highest BCUT2D eigenvalue weighted by molar-refractivity contribution is 5.56. The van der Waals surface area contributed by atoms with Crippen molar-refractivity contribution in [1.29, 1.82) is 0 Å². The Kier molecular flexibility index (Phi) is 3.54. The van der Waals surface area contributed by atoms with Crippen molar-refractivity contribution in [3.8, 4) is 0 Å². The molecule has 0 atom stereocenters. The number of nitrogens with two attached hydrogens (primary N) is 2. The van der Waals surface area contributed by atoms with E-state index in [1.54, 1.807) is 6.07 Å². The van der Waals surface area contributed by atoms with Crippen molar-refractivity contribution in [2.75, 3.05) is 24.6 Å². The summed E-state index contributed by atoms with van der Waals surface area (Å²) in [5, 5.41) is 11.6. The highest BCUT2D eigenvalue weighted by Gasteiger charge is 1.97. The Bertz CT molecular complexity index is 276. The van der Waals surface area contributed by atoms with E-state index in [2.05, 4.69) is 5.32 Å². The van der Waals surface area contributed by atoms with Gasteiger partial charge >= 0.3 is 0 Å². The lowest BCUT2D eigenvalue weighted by Gasteiger charge is -2.06. The van der Waals surface area contributed by atoms with Gasteiger partial charge in [0.15, 0.2) is 0 Å². The van der Waals surface area contributed by atoms with Gasteiger partial charge in [0.25, 0.3) is 0 Å². The Balaban J connectivity index is 2.56. The molecule has 0 unspecified atom stereocenters. The van der Waals surface area contributed by atoms with Gasteiger partial charge in [0.2, 0.25) is 0 Å². The minimum absolute atomic E-state index is 0.134. The molecule has 0 bridgehead atoms. The minimum Gasteiger partial charge on any atom is -0.399 e. The van der Waals surface area contributed by atoms with Gasteiger partial charge in [-0.25, -0.2) is 0 Å². The number of nitrogen functional groups attached to an aromatic ring is 2. The third-order valence-electron chi connectivity index (χ3n) is 1.77. The van der Waals surface area contributed by atoms with Crippen LogP contribution >= 0.6 is 0 Å². The summed E-state index contributed by atoms with van der Waals surface area (Å²) >= 11 is 0. The molecule has 0 spiro atoms. The second kappa shape index (κ2) is 4.69. The summed E-state index contributed by atoms with van der Waals surface area (Å²) in [6.07, 6.45) is 0. The summed E-state index contributed by atoms with van der Waals surface area (Å²) in [5.74, 6) is 0. The third-order valence-corrected chi connectivity index (χ3v) is 1.77. The fourth-order valence-electron chi connectivity index (χ4n) is 1.08. The van der Waals surface area contributed by atoms with Crippen molar-refractivity contribution in [1.82, 2.24) is 5.32 Å². The second-order valence-corrected chi connectivity index (χ2v) is 2.86. The molecule has 13 heavy (non-hydrogen) atoms. The Morgan fingerprint density at radius 3 is 2.69 bits per heavy atom. The maximum atomic E-state index is 8.54. The van der Waals surface area contributed by atoms with E-state index in [4.69, 9.17) is 16.6 Å². The molecular weight excluding hydrogens is 166 g/mol. The number of nitrogens with one attached hydrogen (secondary N) is 1. The van der Waals surface area contributed by atoms with Crippen molar-refractivity contribution in [2.24, 2.45) is 0 Å². The van der Waals surface area contributed by atoms with E-state index < -0.39 is 0 Å². The fourth-order valence-corrected chi connectivity index (χ4v) is 1.08.